The Bertz CT molecular complexity index is 2590. The number of aromatic nitrogens is 1. The maximum atomic E-state index is 15.5. The van der Waals surface area contributed by atoms with E-state index in [4.69, 9.17) is 52.4 Å². The van der Waals surface area contributed by atoms with Crippen molar-refractivity contribution in [1.82, 2.24) is 4.48 Å². The van der Waals surface area contributed by atoms with Crippen molar-refractivity contribution in [2.24, 2.45) is 4.99 Å². The molecule has 16 heteroatoms. The third-order valence-electron chi connectivity index (χ3n) is 11.1. The number of carbonyl (C=O) groups excluding carboxylic acids is 1. The van der Waals surface area contributed by atoms with Crippen LogP contribution < -0.4 is 18.9 Å². The van der Waals surface area contributed by atoms with Gasteiger partial charge in [-0.1, -0.05) is 48.6 Å². The van der Waals surface area contributed by atoms with Crippen LogP contribution in [-0.4, -0.2) is 131 Å². The van der Waals surface area contributed by atoms with Crippen molar-refractivity contribution < 1.29 is 60.8 Å². The second kappa shape index (κ2) is 31.0. The maximum absolute atomic E-state index is 15.5. The molecule has 1 aliphatic rings. The number of methoxy groups -OCH3 is 2. The van der Waals surface area contributed by atoms with Crippen LogP contribution in [0.2, 0.25) is 0 Å². The second-order valence-electron chi connectivity index (χ2n) is 16.5. The summed E-state index contributed by atoms with van der Waals surface area (Å²) in [6.07, 6.45) is 10.7. The fourth-order valence-electron chi connectivity index (χ4n) is 7.48. The van der Waals surface area contributed by atoms with Crippen LogP contribution in [0.4, 0.5) is 8.63 Å². The molecular formula is C57H65BF2N2O11. The zero-order valence-corrected chi connectivity index (χ0v) is 42.1. The Morgan fingerprint density at radius 2 is 0.959 bits per heavy atom. The summed E-state index contributed by atoms with van der Waals surface area (Å²) in [5.41, 5.74) is 6.98. The SMILES string of the molecule is COCCOCCOCCOc1ccc(/C=C\c2cc(C)c(/C(=C3N=C(/C=C/c4ccc(OCCOCCOCCOC)cc4)C=C\3C)c3ccc(OCCCOc4ccc(C=O)cc4)cc3)n2B(F)F)cc1. The van der Waals surface area contributed by atoms with Gasteiger partial charge in [-0.3, -0.25) is 13.4 Å². The molecule has 1 aliphatic heterocycles. The second-order valence-corrected chi connectivity index (χ2v) is 16.5. The fraction of sp³-hybridized carbons (Fsp3) is 0.333. The van der Waals surface area contributed by atoms with Crippen molar-refractivity contribution in [1.29, 1.82) is 0 Å². The number of allylic oxidation sites excluding steroid dienone is 3. The van der Waals surface area contributed by atoms with Crippen molar-refractivity contribution in [3.63, 3.8) is 0 Å². The molecule has 0 saturated carbocycles. The standard InChI is InChI=1S/C57H65BF2N2O11/c1-43-40-49(16-6-45-8-18-52(19-9-45)72-38-36-68-34-32-66-30-28-64-3)61-56(43)55(48-14-24-54(25-15-48)71-27-5-26-70-51-22-12-47(42-63)13-23-51)57-44(2)41-50(62(57)58(59)60)17-7-46-10-20-53(21-11-46)73-39-37-69-35-33-67-31-29-65-4/h6-25,40-42H,5,26-39H2,1-4H3/b16-6+,17-7-,56-55-. The minimum absolute atomic E-state index is 0.332. The van der Waals surface area contributed by atoms with Gasteiger partial charge in [-0.25, -0.2) is 4.99 Å². The van der Waals surface area contributed by atoms with Crippen molar-refractivity contribution in [2.45, 2.75) is 20.3 Å². The van der Waals surface area contributed by atoms with E-state index in [9.17, 15) is 4.79 Å². The summed E-state index contributed by atoms with van der Waals surface area (Å²) in [5.74, 6) is 2.67. The minimum atomic E-state index is -2.87. The van der Waals surface area contributed by atoms with Gasteiger partial charge in [0.2, 0.25) is 0 Å². The molecule has 1 aromatic heterocycles. The maximum Gasteiger partial charge on any atom is 0.678 e. The lowest BCUT2D eigenvalue weighted by Crippen LogP contribution is -2.18. The lowest BCUT2D eigenvalue weighted by atomic mass is 9.94. The molecule has 2 heterocycles. The normalized spacial score (nSPS) is 13.1. The molecule has 5 aromatic rings. The monoisotopic (exact) mass is 1000 g/mol. The van der Waals surface area contributed by atoms with Crippen molar-refractivity contribution >= 4 is 43.2 Å². The Balaban J connectivity index is 1.17. The van der Waals surface area contributed by atoms with Gasteiger partial charge in [0.25, 0.3) is 0 Å². The molecule has 4 aromatic carbocycles. The number of hydrogen-bond acceptors (Lipinski definition) is 12. The summed E-state index contributed by atoms with van der Waals surface area (Å²) in [6.45, 7) is 10.2. The van der Waals surface area contributed by atoms with Gasteiger partial charge in [-0.2, -0.15) is 0 Å². The summed E-state index contributed by atoms with van der Waals surface area (Å²) in [4.78, 5) is 16.0. The van der Waals surface area contributed by atoms with Gasteiger partial charge in [0.1, 0.15) is 42.5 Å². The number of aryl methyl sites for hydroxylation is 1. The molecule has 0 amide bonds. The number of ether oxygens (including phenoxy) is 10. The lowest BCUT2D eigenvalue weighted by molar-refractivity contribution is 0.0180. The molecule has 6 rings (SSSR count). The summed E-state index contributed by atoms with van der Waals surface area (Å²) in [7, 11) is 0.387. The number of carbonyl (C=O) groups is 1. The molecule has 0 bridgehead atoms. The predicted molar refractivity (Wildman–Crippen MR) is 282 cm³/mol. The van der Waals surface area contributed by atoms with E-state index in [0.29, 0.717) is 167 Å². The molecule has 73 heavy (non-hydrogen) atoms. The van der Waals surface area contributed by atoms with E-state index in [2.05, 4.69) is 0 Å². The van der Waals surface area contributed by atoms with E-state index in [-0.39, 0.29) is 0 Å². The molecule has 13 nitrogen and oxygen atoms in total. The summed E-state index contributed by atoms with van der Waals surface area (Å²) >= 11 is 0. The van der Waals surface area contributed by atoms with Gasteiger partial charge in [-0.15, -0.1) is 0 Å². The molecule has 0 aliphatic carbocycles. The molecule has 386 valence electrons. The van der Waals surface area contributed by atoms with Crippen molar-refractivity contribution in [2.75, 3.05) is 107 Å². The Hall–Kier alpha value is -6.66. The smallest absolute Gasteiger partial charge is 0.493 e. The first-order valence-electron chi connectivity index (χ1n) is 24.3. The van der Waals surface area contributed by atoms with Crippen LogP contribution in [0.1, 0.15) is 57.3 Å². The van der Waals surface area contributed by atoms with Gasteiger partial charge in [0.05, 0.1) is 90.7 Å². The van der Waals surface area contributed by atoms with Gasteiger partial charge < -0.3 is 51.8 Å². The highest BCUT2D eigenvalue weighted by Gasteiger charge is 2.30. The van der Waals surface area contributed by atoms with E-state index in [1.807, 2.05) is 105 Å². The zero-order valence-electron chi connectivity index (χ0n) is 42.1. The molecule has 0 saturated heterocycles. The number of halogens is 2. The van der Waals surface area contributed by atoms with Crippen molar-refractivity contribution in [3.05, 3.63) is 166 Å². The van der Waals surface area contributed by atoms with Crippen LogP contribution in [0.25, 0.3) is 23.8 Å². The Morgan fingerprint density at radius 1 is 0.534 bits per heavy atom. The Morgan fingerprint density at radius 3 is 1.42 bits per heavy atom. The number of rotatable bonds is 34. The largest absolute Gasteiger partial charge is 0.678 e. The van der Waals surface area contributed by atoms with Crippen LogP contribution in [0, 0.1) is 6.92 Å². The topological polar surface area (TPSA) is 127 Å². The first kappa shape index (κ1) is 55.7. The Labute approximate surface area is 427 Å². The number of aldehydes is 1. The fourth-order valence-corrected chi connectivity index (χ4v) is 7.48. The molecule has 0 atom stereocenters. The van der Waals surface area contributed by atoms with Crippen molar-refractivity contribution in [3.8, 4) is 23.0 Å². The van der Waals surface area contributed by atoms with E-state index in [1.165, 1.54) is 0 Å². The van der Waals surface area contributed by atoms with Gasteiger partial charge >= 0.3 is 7.40 Å². The summed E-state index contributed by atoms with van der Waals surface area (Å²) in [6, 6.07) is 31.2. The summed E-state index contributed by atoms with van der Waals surface area (Å²) < 4.78 is 87.6. The lowest BCUT2D eigenvalue weighted by Gasteiger charge is -2.17. The van der Waals surface area contributed by atoms with Gasteiger partial charge in [0.15, 0.2) is 0 Å². The van der Waals surface area contributed by atoms with Crippen LogP contribution >= 0.6 is 0 Å². The van der Waals surface area contributed by atoms with Gasteiger partial charge in [-0.05, 0) is 127 Å². The first-order chi connectivity index (χ1) is 35.8. The third-order valence-corrected chi connectivity index (χ3v) is 11.1. The van der Waals surface area contributed by atoms with Gasteiger partial charge in [0, 0.05) is 43.2 Å². The number of nitrogens with zero attached hydrogens (tertiary/aromatic N) is 2. The highest BCUT2D eigenvalue weighted by atomic mass is 19.2. The van der Waals surface area contributed by atoms with E-state index in [0.717, 1.165) is 27.5 Å². The molecule has 0 unspecified atom stereocenters. The average Bonchev–Trinajstić information content (AvgIpc) is 3.95. The van der Waals surface area contributed by atoms with E-state index in [1.54, 1.807) is 56.7 Å². The first-order valence-corrected chi connectivity index (χ1v) is 24.3. The van der Waals surface area contributed by atoms with E-state index < -0.39 is 7.40 Å². The highest BCUT2D eigenvalue weighted by Crippen LogP contribution is 2.38. The zero-order chi connectivity index (χ0) is 51.5. The quantitative estimate of drug-likeness (QED) is 0.0222. The highest BCUT2D eigenvalue weighted by molar-refractivity contribution is 6.42. The number of aliphatic imine (C=N–C) groups is 1. The number of benzene rings is 4. The molecule has 0 radical (unpaired) electrons. The minimum Gasteiger partial charge on any atom is -0.493 e. The molecule has 0 fully saturated rings. The number of hydrogen-bond donors (Lipinski definition) is 0. The summed E-state index contributed by atoms with van der Waals surface area (Å²) in [5, 5.41) is 0. The third kappa shape index (κ3) is 18.4. The van der Waals surface area contributed by atoms with E-state index >= 15 is 8.63 Å². The van der Waals surface area contributed by atoms with Crippen LogP contribution in [0.3, 0.4) is 0 Å². The Kier molecular flexibility index (Phi) is 23.7. The van der Waals surface area contributed by atoms with Crippen LogP contribution in [0.5, 0.6) is 23.0 Å². The molecule has 0 N–H and O–H groups in total. The molecular weight excluding hydrogens is 937 g/mol. The van der Waals surface area contributed by atoms with Crippen LogP contribution in [-0.2, 0) is 28.4 Å². The molecule has 0 spiro atoms. The van der Waals surface area contributed by atoms with Crippen LogP contribution in [0.15, 0.2) is 132 Å². The average molecular weight is 1000 g/mol. The predicted octanol–water partition coefficient (Wildman–Crippen LogP) is 10.4.